The second-order valence-corrected chi connectivity index (χ2v) is 6.66. The van der Waals surface area contributed by atoms with Gasteiger partial charge in [0.05, 0.1) is 22.7 Å². The molecule has 1 heterocycles. The summed E-state index contributed by atoms with van der Waals surface area (Å²) in [4.78, 5) is 12.2. The SMILES string of the molecule is O=C(NC1(c2cc(C(F)(F)F)cc(C(F)(F)F)c2)CC1)[C@H]1C[C@@H](F)CN1. The van der Waals surface area contributed by atoms with Crippen LogP contribution in [0.1, 0.15) is 36.0 Å². The fourth-order valence-electron chi connectivity index (χ4n) is 3.06. The molecule has 0 spiro atoms. The van der Waals surface area contributed by atoms with E-state index in [-0.39, 0.29) is 37.4 Å². The van der Waals surface area contributed by atoms with E-state index < -0.39 is 47.1 Å². The zero-order chi connectivity index (χ0) is 19.3. The number of amides is 1. The van der Waals surface area contributed by atoms with Crippen molar-refractivity contribution in [3.05, 3.63) is 34.9 Å². The highest BCUT2D eigenvalue weighted by molar-refractivity contribution is 5.83. The number of halogens is 7. The third-order valence-corrected chi connectivity index (χ3v) is 4.65. The first-order valence-electron chi connectivity index (χ1n) is 7.90. The summed E-state index contributed by atoms with van der Waals surface area (Å²) >= 11 is 0. The van der Waals surface area contributed by atoms with Crippen molar-refractivity contribution in [3.63, 3.8) is 0 Å². The summed E-state index contributed by atoms with van der Waals surface area (Å²) < 4.78 is 91.1. The van der Waals surface area contributed by atoms with Crippen LogP contribution in [0, 0.1) is 0 Å². The fourth-order valence-corrected chi connectivity index (χ4v) is 3.06. The minimum Gasteiger partial charge on any atom is -0.345 e. The molecule has 2 fully saturated rings. The van der Waals surface area contributed by atoms with Crippen molar-refractivity contribution < 1.29 is 35.5 Å². The van der Waals surface area contributed by atoms with Crippen LogP contribution < -0.4 is 10.6 Å². The number of hydrogen-bond acceptors (Lipinski definition) is 2. The van der Waals surface area contributed by atoms with Gasteiger partial charge in [-0.25, -0.2) is 4.39 Å². The second kappa shape index (κ2) is 6.11. The average molecular weight is 384 g/mol. The van der Waals surface area contributed by atoms with E-state index in [4.69, 9.17) is 0 Å². The van der Waals surface area contributed by atoms with Crippen LogP contribution >= 0.6 is 0 Å². The monoisotopic (exact) mass is 384 g/mol. The van der Waals surface area contributed by atoms with Crippen molar-refractivity contribution in [1.82, 2.24) is 10.6 Å². The number of carbonyl (C=O) groups excluding carboxylic acids is 1. The molecule has 3 rings (SSSR count). The van der Waals surface area contributed by atoms with Gasteiger partial charge in [-0.05, 0) is 36.6 Å². The fraction of sp³-hybridized carbons (Fsp3) is 0.562. The van der Waals surface area contributed by atoms with Gasteiger partial charge in [-0.3, -0.25) is 4.79 Å². The van der Waals surface area contributed by atoms with Gasteiger partial charge in [0.2, 0.25) is 5.91 Å². The van der Waals surface area contributed by atoms with E-state index in [2.05, 4.69) is 10.6 Å². The summed E-state index contributed by atoms with van der Waals surface area (Å²) in [6.07, 6.45) is -10.8. The third kappa shape index (κ3) is 3.79. The van der Waals surface area contributed by atoms with Crippen molar-refractivity contribution in [3.8, 4) is 0 Å². The smallest absolute Gasteiger partial charge is 0.345 e. The maximum Gasteiger partial charge on any atom is 0.416 e. The van der Waals surface area contributed by atoms with E-state index in [1.165, 1.54) is 0 Å². The lowest BCUT2D eigenvalue weighted by Crippen LogP contribution is -2.45. The maximum absolute atomic E-state index is 13.2. The molecule has 0 unspecified atom stereocenters. The topological polar surface area (TPSA) is 41.1 Å². The molecule has 1 aromatic rings. The molecule has 1 saturated carbocycles. The van der Waals surface area contributed by atoms with Gasteiger partial charge in [-0.15, -0.1) is 0 Å². The number of benzene rings is 1. The minimum atomic E-state index is -4.95. The first-order chi connectivity index (χ1) is 11.9. The Kier molecular flexibility index (Phi) is 4.45. The average Bonchev–Trinajstić information content (AvgIpc) is 3.17. The zero-order valence-corrected chi connectivity index (χ0v) is 13.3. The Morgan fingerprint density at radius 2 is 1.58 bits per heavy atom. The lowest BCUT2D eigenvalue weighted by Gasteiger charge is -2.23. The normalized spacial score (nSPS) is 25.2. The van der Waals surface area contributed by atoms with Gasteiger partial charge >= 0.3 is 12.4 Å². The molecule has 0 bridgehead atoms. The van der Waals surface area contributed by atoms with E-state index in [0.717, 1.165) is 0 Å². The molecule has 1 aliphatic heterocycles. The molecule has 1 saturated heterocycles. The quantitative estimate of drug-likeness (QED) is 0.783. The van der Waals surface area contributed by atoms with Crippen molar-refractivity contribution in [2.24, 2.45) is 0 Å². The van der Waals surface area contributed by atoms with Crippen molar-refractivity contribution in [2.45, 2.75) is 49.4 Å². The summed E-state index contributed by atoms with van der Waals surface area (Å²) in [6, 6.07) is 0.453. The second-order valence-electron chi connectivity index (χ2n) is 6.66. The molecule has 2 aliphatic rings. The highest BCUT2D eigenvalue weighted by Crippen LogP contribution is 2.48. The van der Waals surface area contributed by atoms with E-state index in [0.29, 0.717) is 12.1 Å². The Hall–Kier alpha value is -1.84. The molecule has 2 atom stereocenters. The molecule has 1 aromatic carbocycles. The Balaban J connectivity index is 1.91. The van der Waals surface area contributed by atoms with Gasteiger partial charge in [0.25, 0.3) is 0 Å². The largest absolute Gasteiger partial charge is 0.416 e. The van der Waals surface area contributed by atoms with Crippen LogP contribution in [-0.2, 0) is 22.7 Å². The van der Waals surface area contributed by atoms with Crippen molar-refractivity contribution in [2.75, 3.05) is 6.54 Å². The molecule has 1 aliphatic carbocycles. The standard InChI is InChI=1S/C16H15F7N2O/c17-11-6-12(24-7-11)13(26)25-14(1-2-14)8-3-9(15(18,19)20)5-10(4-8)16(21,22)23/h3-5,11-12,24H,1-2,6-7H2,(H,25,26)/t11-,12-/m1/s1. The van der Waals surface area contributed by atoms with Crippen LogP contribution in [0.3, 0.4) is 0 Å². The van der Waals surface area contributed by atoms with E-state index in [1.54, 1.807) is 0 Å². The highest BCUT2D eigenvalue weighted by Gasteiger charge is 2.49. The van der Waals surface area contributed by atoms with Gasteiger partial charge in [-0.1, -0.05) is 0 Å². The molecule has 1 amide bonds. The van der Waals surface area contributed by atoms with Crippen molar-refractivity contribution >= 4 is 5.91 Å². The number of nitrogens with one attached hydrogen (secondary N) is 2. The third-order valence-electron chi connectivity index (χ3n) is 4.65. The lowest BCUT2D eigenvalue weighted by atomic mass is 9.97. The van der Waals surface area contributed by atoms with Gasteiger partial charge in [0, 0.05) is 13.0 Å². The van der Waals surface area contributed by atoms with Crippen LogP contribution in [0.25, 0.3) is 0 Å². The molecule has 2 N–H and O–H groups in total. The van der Waals surface area contributed by atoms with Gasteiger partial charge in [-0.2, -0.15) is 26.3 Å². The Morgan fingerprint density at radius 1 is 1.04 bits per heavy atom. The van der Waals surface area contributed by atoms with E-state index >= 15 is 0 Å². The van der Waals surface area contributed by atoms with Gasteiger partial charge in [0.15, 0.2) is 0 Å². The van der Waals surface area contributed by atoms with Crippen LogP contribution in [-0.4, -0.2) is 24.7 Å². The zero-order valence-electron chi connectivity index (χ0n) is 13.3. The van der Waals surface area contributed by atoms with E-state index in [1.807, 2.05) is 0 Å². The van der Waals surface area contributed by atoms with E-state index in [9.17, 15) is 35.5 Å². The maximum atomic E-state index is 13.2. The van der Waals surface area contributed by atoms with Crippen LogP contribution in [0.15, 0.2) is 18.2 Å². The minimum absolute atomic E-state index is 0.0210. The molecule has 144 valence electrons. The highest BCUT2D eigenvalue weighted by atomic mass is 19.4. The van der Waals surface area contributed by atoms with Crippen LogP contribution in [0.4, 0.5) is 30.7 Å². The summed E-state index contributed by atoms with van der Waals surface area (Å²) in [5, 5.41) is 5.13. The summed E-state index contributed by atoms with van der Waals surface area (Å²) in [6.45, 7) is -0.0210. The van der Waals surface area contributed by atoms with Crippen LogP contribution in [0.5, 0.6) is 0 Å². The predicted octanol–water partition coefficient (Wildman–Crippen LogP) is 3.53. The summed E-state index contributed by atoms with van der Waals surface area (Å²) in [5.74, 6) is -0.631. The first-order valence-corrected chi connectivity index (χ1v) is 7.90. The Morgan fingerprint density at radius 3 is 1.96 bits per heavy atom. The molecule has 0 radical (unpaired) electrons. The Labute approximate surface area is 143 Å². The number of carbonyl (C=O) groups is 1. The summed E-state index contributed by atoms with van der Waals surface area (Å²) in [7, 11) is 0. The summed E-state index contributed by atoms with van der Waals surface area (Å²) in [5.41, 5.74) is -4.38. The van der Waals surface area contributed by atoms with Gasteiger partial charge < -0.3 is 10.6 Å². The number of hydrogen-bond donors (Lipinski definition) is 2. The molecule has 0 aromatic heterocycles. The molecular weight excluding hydrogens is 369 g/mol. The Bertz CT molecular complexity index is 677. The molecule has 3 nitrogen and oxygen atoms in total. The number of rotatable bonds is 3. The first kappa shape index (κ1) is 18.9. The molecular formula is C16H15F7N2O. The number of alkyl halides is 7. The molecule has 26 heavy (non-hydrogen) atoms. The predicted molar refractivity (Wildman–Crippen MR) is 76.8 cm³/mol. The van der Waals surface area contributed by atoms with Crippen molar-refractivity contribution in [1.29, 1.82) is 0 Å². The lowest BCUT2D eigenvalue weighted by molar-refractivity contribution is -0.143. The van der Waals surface area contributed by atoms with Crippen LogP contribution in [0.2, 0.25) is 0 Å². The molecule has 10 heteroatoms. The van der Waals surface area contributed by atoms with Gasteiger partial charge in [0.1, 0.15) is 6.17 Å².